The average Bonchev–Trinajstić information content (AvgIpc) is 2.31. The highest BCUT2D eigenvalue weighted by Crippen LogP contribution is 2.06. The number of amides is 1. The Hall–Kier alpha value is -1.62. The van der Waals surface area contributed by atoms with Gasteiger partial charge in [0.25, 0.3) is 5.91 Å². The van der Waals surface area contributed by atoms with Crippen molar-refractivity contribution in [3.05, 3.63) is 23.4 Å². The Morgan fingerprint density at radius 2 is 2.21 bits per heavy atom. The number of rotatable bonds is 7. The summed E-state index contributed by atoms with van der Waals surface area (Å²) in [5.74, 6) is 0.781. The fourth-order valence-electron chi connectivity index (χ4n) is 1.62. The number of anilines is 1. The van der Waals surface area contributed by atoms with Gasteiger partial charge in [0, 0.05) is 31.0 Å². The van der Waals surface area contributed by atoms with Crippen molar-refractivity contribution in [1.29, 1.82) is 0 Å². The van der Waals surface area contributed by atoms with Crippen LogP contribution in [0.2, 0.25) is 0 Å². The number of aromatic nitrogens is 1. The van der Waals surface area contributed by atoms with Crippen LogP contribution in [0.1, 0.15) is 36.3 Å². The van der Waals surface area contributed by atoms with Gasteiger partial charge in [-0.2, -0.15) is 0 Å². The number of carbonyl (C=O) groups is 1. The van der Waals surface area contributed by atoms with E-state index < -0.39 is 0 Å². The van der Waals surface area contributed by atoms with E-state index in [-0.39, 0.29) is 5.91 Å². The van der Waals surface area contributed by atoms with Gasteiger partial charge in [0.15, 0.2) is 0 Å². The Kier molecular flexibility index (Phi) is 6.29. The Morgan fingerprint density at radius 1 is 1.47 bits per heavy atom. The smallest absolute Gasteiger partial charge is 0.251 e. The summed E-state index contributed by atoms with van der Waals surface area (Å²) in [7, 11) is 0. The number of ether oxygens (including phenoxy) is 1. The Bertz CT molecular complexity index is 399. The molecule has 1 aromatic rings. The molecule has 0 spiro atoms. The van der Waals surface area contributed by atoms with Crippen LogP contribution >= 0.6 is 0 Å². The molecule has 0 fully saturated rings. The van der Waals surface area contributed by atoms with Crippen LogP contribution in [0.15, 0.2) is 12.1 Å². The number of nitrogens with one attached hydrogen (secondary N) is 1. The summed E-state index contributed by atoms with van der Waals surface area (Å²) in [6, 6.07) is 3.30. The van der Waals surface area contributed by atoms with Crippen LogP contribution in [0.25, 0.3) is 0 Å². The second-order valence-corrected chi connectivity index (χ2v) is 5.00. The number of carbonyl (C=O) groups excluding carboxylic acids is 1. The number of aryl methyl sites for hydroxylation is 1. The van der Waals surface area contributed by atoms with Crippen molar-refractivity contribution >= 4 is 11.7 Å². The van der Waals surface area contributed by atoms with E-state index in [4.69, 9.17) is 10.5 Å². The van der Waals surface area contributed by atoms with E-state index in [1.165, 1.54) is 0 Å². The van der Waals surface area contributed by atoms with Crippen LogP contribution in [0, 0.1) is 12.8 Å². The molecule has 1 aromatic heterocycles. The first-order valence-corrected chi connectivity index (χ1v) is 6.59. The maximum atomic E-state index is 11.9. The number of nitrogen functional groups attached to an aromatic ring is 1. The molecule has 5 heteroatoms. The second-order valence-electron chi connectivity index (χ2n) is 5.00. The van der Waals surface area contributed by atoms with Crippen molar-refractivity contribution in [2.45, 2.75) is 27.2 Å². The monoisotopic (exact) mass is 265 g/mol. The third-order valence-corrected chi connectivity index (χ3v) is 2.44. The van der Waals surface area contributed by atoms with Crippen LogP contribution in [0.5, 0.6) is 0 Å². The van der Waals surface area contributed by atoms with E-state index in [2.05, 4.69) is 24.1 Å². The number of hydrogen-bond acceptors (Lipinski definition) is 4. The summed E-state index contributed by atoms with van der Waals surface area (Å²) in [6.07, 6.45) is 0.804. The summed E-state index contributed by atoms with van der Waals surface area (Å²) in [5.41, 5.74) is 6.90. The molecule has 1 amide bonds. The molecule has 0 aromatic carbocycles. The minimum Gasteiger partial charge on any atom is -0.384 e. The van der Waals surface area contributed by atoms with Crippen LogP contribution in [0.3, 0.4) is 0 Å². The molecule has 0 bridgehead atoms. The summed E-state index contributed by atoms with van der Waals surface area (Å²) in [6.45, 7) is 8.05. The lowest BCUT2D eigenvalue weighted by Gasteiger charge is -2.08. The van der Waals surface area contributed by atoms with Gasteiger partial charge < -0.3 is 15.8 Å². The van der Waals surface area contributed by atoms with Crippen LogP contribution in [0.4, 0.5) is 5.82 Å². The molecule has 0 aliphatic heterocycles. The zero-order valence-electron chi connectivity index (χ0n) is 11.9. The number of hydrogen-bond donors (Lipinski definition) is 2. The fraction of sp³-hybridized carbons (Fsp3) is 0.571. The van der Waals surface area contributed by atoms with E-state index >= 15 is 0 Å². The maximum absolute atomic E-state index is 11.9. The topological polar surface area (TPSA) is 77.2 Å². The molecule has 0 atom stereocenters. The van der Waals surface area contributed by atoms with Crippen molar-refractivity contribution < 1.29 is 9.53 Å². The van der Waals surface area contributed by atoms with Crippen molar-refractivity contribution in [3.63, 3.8) is 0 Å². The van der Waals surface area contributed by atoms with Gasteiger partial charge in [-0.3, -0.25) is 4.79 Å². The molecule has 1 heterocycles. The normalized spacial score (nSPS) is 10.7. The lowest BCUT2D eigenvalue weighted by molar-refractivity contribution is 0.0925. The predicted molar refractivity (Wildman–Crippen MR) is 76.0 cm³/mol. The SMILES string of the molecule is Cc1cc(C(=O)NCCCOCC(C)C)cc(N)n1. The molecule has 5 nitrogen and oxygen atoms in total. The quantitative estimate of drug-likeness (QED) is 0.736. The molecule has 1 rings (SSSR count). The summed E-state index contributed by atoms with van der Waals surface area (Å²) in [5, 5.41) is 2.84. The van der Waals surface area contributed by atoms with Crippen LogP contribution in [-0.4, -0.2) is 30.6 Å². The lowest BCUT2D eigenvalue weighted by atomic mass is 10.2. The largest absolute Gasteiger partial charge is 0.384 e. The molecule has 0 aliphatic carbocycles. The van der Waals surface area contributed by atoms with Crippen molar-refractivity contribution in [1.82, 2.24) is 10.3 Å². The minimum atomic E-state index is -0.124. The van der Waals surface area contributed by atoms with E-state index in [1.807, 2.05) is 6.92 Å². The summed E-state index contributed by atoms with van der Waals surface area (Å²) in [4.78, 5) is 15.9. The number of nitrogens with two attached hydrogens (primary N) is 1. The molecule has 0 unspecified atom stereocenters. The number of nitrogens with zero attached hydrogens (tertiary/aromatic N) is 1. The van der Waals surface area contributed by atoms with Crippen molar-refractivity contribution in [2.75, 3.05) is 25.5 Å². The third-order valence-electron chi connectivity index (χ3n) is 2.44. The van der Waals surface area contributed by atoms with Gasteiger partial charge in [-0.25, -0.2) is 4.98 Å². The minimum absolute atomic E-state index is 0.124. The first-order chi connectivity index (χ1) is 8.99. The van der Waals surface area contributed by atoms with Crippen molar-refractivity contribution in [2.24, 2.45) is 5.92 Å². The Balaban J connectivity index is 2.27. The van der Waals surface area contributed by atoms with E-state index in [0.29, 0.717) is 30.5 Å². The zero-order valence-corrected chi connectivity index (χ0v) is 11.9. The molecular formula is C14H23N3O2. The summed E-state index contributed by atoms with van der Waals surface area (Å²) >= 11 is 0. The lowest BCUT2D eigenvalue weighted by Crippen LogP contribution is -2.25. The summed E-state index contributed by atoms with van der Waals surface area (Å²) < 4.78 is 5.44. The predicted octanol–water partition coefficient (Wildman–Crippen LogP) is 1.76. The number of pyridine rings is 1. The molecule has 19 heavy (non-hydrogen) atoms. The van der Waals surface area contributed by atoms with E-state index in [9.17, 15) is 4.79 Å². The fourth-order valence-corrected chi connectivity index (χ4v) is 1.62. The van der Waals surface area contributed by atoms with Gasteiger partial charge in [0.2, 0.25) is 0 Å². The maximum Gasteiger partial charge on any atom is 0.251 e. The van der Waals surface area contributed by atoms with E-state index in [1.54, 1.807) is 12.1 Å². The highest BCUT2D eigenvalue weighted by molar-refractivity contribution is 5.94. The van der Waals surface area contributed by atoms with Gasteiger partial charge in [0.05, 0.1) is 0 Å². The standard InChI is InChI=1S/C14H23N3O2/c1-10(2)9-19-6-4-5-16-14(18)12-7-11(3)17-13(15)8-12/h7-8,10H,4-6,9H2,1-3H3,(H2,15,17)(H,16,18). The Morgan fingerprint density at radius 3 is 2.84 bits per heavy atom. The first kappa shape index (κ1) is 15.4. The van der Waals surface area contributed by atoms with Crippen LogP contribution < -0.4 is 11.1 Å². The van der Waals surface area contributed by atoms with Gasteiger partial charge in [-0.15, -0.1) is 0 Å². The molecule has 0 saturated carbocycles. The van der Waals surface area contributed by atoms with Crippen molar-refractivity contribution in [3.8, 4) is 0 Å². The van der Waals surface area contributed by atoms with Gasteiger partial charge in [-0.1, -0.05) is 13.8 Å². The zero-order chi connectivity index (χ0) is 14.3. The van der Waals surface area contributed by atoms with Gasteiger partial charge >= 0.3 is 0 Å². The van der Waals surface area contributed by atoms with Gasteiger partial charge in [-0.05, 0) is 31.4 Å². The second kappa shape index (κ2) is 7.74. The highest BCUT2D eigenvalue weighted by Gasteiger charge is 2.06. The molecule has 106 valence electrons. The van der Waals surface area contributed by atoms with Crippen LogP contribution in [-0.2, 0) is 4.74 Å². The molecule has 3 N–H and O–H groups in total. The first-order valence-electron chi connectivity index (χ1n) is 6.59. The molecule has 0 aliphatic rings. The van der Waals surface area contributed by atoms with Gasteiger partial charge in [0.1, 0.15) is 5.82 Å². The molecular weight excluding hydrogens is 242 g/mol. The molecule has 0 saturated heterocycles. The Labute approximate surface area is 114 Å². The third kappa shape index (κ3) is 6.20. The van der Waals surface area contributed by atoms with E-state index in [0.717, 1.165) is 18.7 Å². The highest BCUT2D eigenvalue weighted by atomic mass is 16.5. The average molecular weight is 265 g/mol. The molecule has 0 radical (unpaired) electrons.